The number of carbonyl (C=O) groups excluding carboxylic acids is 1. The fraction of sp³-hybridized carbons (Fsp3) is 0.0833. The van der Waals surface area contributed by atoms with Gasteiger partial charge in [0.25, 0.3) is 5.91 Å². The number of aromatic nitrogens is 1. The van der Waals surface area contributed by atoms with Crippen molar-refractivity contribution in [2.75, 3.05) is 5.01 Å². The van der Waals surface area contributed by atoms with Crippen LogP contribution < -0.4 is 5.01 Å². The minimum absolute atomic E-state index is 0.0631. The molecule has 0 bridgehead atoms. The largest absolute Gasteiger partial charge is 0.274 e. The second-order valence-electron chi connectivity index (χ2n) is 3.64. The molecule has 3 rings (SSSR count). The van der Waals surface area contributed by atoms with Crippen LogP contribution in [0.2, 0.25) is 0 Å². The van der Waals surface area contributed by atoms with E-state index in [1.165, 1.54) is 5.01 Å². The summed E-state index contributed by atoms with van der Waals surface area (Å²) < 4.78 is 1.71. The van der Waals surface area contributed by atoms with Gasteiger partial charge in [0, 0.05) is 23.5 Å². The molecule has 0 spiro atoms. The molecule has 0 saturated heterocycles. The molecular weight excluding hydrogens is 224 g/mol. The summed E-state index contributed by atoms with van der Waals surface area (Å²) in [5, 5.41) is 1.53. The number of carbonyl (C=O) groups is 1. The number of hydrogen-bond acceptors (Lipinski definition) is 1. The molecule has 2 heterocycles. The lowest BCUT2D eigenvalue weighted by molar-refractivity contribution is 0.0969. The van der Waals surface area contributed by atoms with Gasteiger partial charge in [-0.05, 0) is 18.2 Å². The molecule has 1 aromatic carbocycles. The molecule has 1 amide bonds. The third kappa shape index (κ3) is 1.18. The van der Waals surface area contributed by atoms with Gasteiger partial charge in [0.1, 0.15) is 0 Å². The van der Waals surface area contributed by atoms with E-state index >= 15 is 0 Å². The van der Waals surface area contributed by atoms with Crippen molar-refractivity contribution in [2.45, 2.75) is 5.50 Å². The standard InChI is InChI=1S/C12H9ClN2O/c13-11-9-5-1-2-6-10(9)12(16)15(11)14-7-3-4-8-14/h1-8,11H. The molecule has 0 radical (unpaired) electrons. The van der Waals surface area contributed by atoms with E-state index in [4.69, 9.17) is 11.6 Å². The molecule has 0 N–H and O–H groups in total. The van der Waals surface area contributed by atoms with Gasteiger partial charge in [0.05, 0.1) is 0 Å². The molecule has 2 aromatic rings. The molecule has 16 heavy (non-hydrogen) atoms. The van der Waals surface area contributed by atoms with Crippen molar-refractivity contribution < 1.29 is 4.79 Å². The maximum absolute atomic E-state index is 12.1. The highest BCUT2D eigenvalue weighted by atomic mass is 35.5. The van der Waals surface area contributed by atoms with Crippen LogP contribution in [0.3, 0.4) is 0 Å². The predicted octanol–water partition coefficient (Wildman–Crippen LogP) is 2.52. The first kappa shape index (κ1) is 9.48. The normalized spacial score (nSPS) is 18.9. The highest BCUT2D eigenvalue weighted by Crippen LogP contribution is 2.34. The number of hydrogen-bond donors (Lipinski definition) is 0. The van der Waals surface area contributed by atoms with Crippen LogP contribution in [0.1, 0.15) is 21.4 Å². The number of fused-ring (bicyclic) bond motifs is 1. The van der Waals surface area contributed by atoms with Gasteiger partial charge in [-0.15, -0.1) is 0 Å². The maximum Gasteiger partial charge on any atom is 0.274 e. The van der Waals surface area contributed by atoms with E-state index in [-0.39, 0.29) is 5.91 Å². The van der Waals surface area contributed by atoms with E-state index in [2.05, 4.69) is 0 Å². The Bertz CT molecular complexity index is 536. The maximum atomic E-state index is 12.1. The number of alkyl halides is 1. The zero-order valence-electron chi connectivity index (χ0n) is 8.38. The van der Waals surface area contributed by atoms with Gasteiger partial charge in [-0.25, -0.2) is 5.01 Å². The van der Waals surface area contributed by atoms with Gasteiger partial charge in [-0.2, -0.15) is 0 Å². The van der Waals surface area contributed by atoms with Crippen LogP contribution >= 0.6 is 11.6 Å². The topological polar surface area (TPSA) is 25.2 Å². The minimum atomic E-state index is -0.434. The molecule has 1 unspecified atom stereocenters. The van der Waals surface area contributed by atoms with Crippen molar-refractivity contribution in [3.63, 3.8) is 0 Å². The van der Waals surface area contributed by atoms with Crippen molar-refractivity contribution in [3.05, 3.63) is 59.9 Å². The molecule has 3 nitrogen and oxygen atoms in total. The van der Waals surface area contributed by atoms with E-state index in [0.29, 0.717) is 5.56 Å². The Kier molecular flexibility index (Phi) is 2.01. The quantitative estimate of drug-likeness (QED) is 0.548. The van der Waals surface area contributed by atoms with Crippen LogP contribution in [-0.2, 0) is 0 Å². The number of benzene rings is 1. The van der Waals surface area contributed by atoms with Gasteiger partial charge in [-0.1, -0.05) is 29.8 Å². The second-order valence-corrected chi connectivity index (χ2v) is 4.05. The van der Waals surface area contributed by atoms with Crippen LogP contribution in [0.25, 0.3) is 0 Å². The van der Waals surface area contributed by atoms with Crippen LogP contribution in [0.15, 0.2) is 48.8 Å². The first-order valence-corrected chi connectivity index (χ1v) is 5.42. The molecule has 80 valence electrons. The van der Waals surface area contributed by atoms with Gasteiger partial charge < -0.3 is 0 Å². The number of rotatable bonds is 1. The third-order valence-electron chi connectivity index (χ3n) is 2.71. The smallest absolute Gasteiger partial charge is 0.267 e. The fourth-order valence-electron chi connectivity index (χ4n) is 1.95. The average Bonchev–Trinajstić information content (AvgIpc) is 2.89. The molecule has 0 aliphatic carbocycles. The number of halogens is 1. The summed E-state index contributed by atoms with van der Waals surface area (Å²) in [5.41, 5.74) is 1.11. The summed E-state index contributed by atoms with van der Waals surface area (Å²) in [7, 11) is 0. The molecule has 0 saturated carbocycles. The molecule has 4 heteroatoms. The summed E-state index contributed by atoms with van der Waals surface area (Å²) in [5.74, 6) is -0.0631. The molecule has 1 atom stereocenters. The summed E-state index contributed by atoms with van der Waals surface area (Å²) in [4.78, 5) is 12.1. The third-order valence-corrected chi connectivity index (χ3v) is 3.13. The summed E-state index contributed by atoms with van der Waals surface area (Å²) in [6.45, 7) is 0. The number of nitrogens with zero attached hydrogens (tertiary/aromatic N) is 2. The molecule has 1 aliphatic rings. The van der Waals surface area contributed by atoms with Crippen molar-refractivity contribution in [3.8, 4) is 0 Å². The lowest BCUT2D eigenvalue weighted by Crippen LogP contribution is -2.35. The molecular formula is C12H9ClN2O. The van der Waals surface area contributed by atoms with Gasteiger partial charge >= 0.3 is 0 Å². The van der Waals surface area contributed by atoms with Crippen molar-refractivity contribution >= 4 is 17.5 Å². The highest BCUT2D eigenvalue weighted by molar-refractivity contribution is 6.27. The molecule has 1 aromatic heterocycles. The number of amides is 1. The SMILES string of the molecule is O=C1c2ccccc2C(Cl)N1n1cccc1. The fourth-order valence-corrected chi connectivity index (χ4v) is 2.33. The molecule has 1 aliphatic heterocycles. The first-order chi connectivity index (χ1) is 7.79. The van der Waals surface area contributed by atoms with Gasteiger partial charge in [-0.3, -0.25) is 9.47 Å². The van der Waals surface area contributed by atoms with E-state index < -0.39 is 5.50 Å². The first-order valence-electron chi connectivity index (χ1n) is 4.99. The monoisotopic (exact) mass is 232 g/mol. The highest BCUT2D eigenvalue weighted by Gasteiger charge is 2.36. The van der Waals surface area contributed by atoms with E-state index in [1.54, 1.807) is 23.1 Å². The average molecular weight is 233 g/mol. The Morgan fingerprint density at radius 2 is 1.75 bits per heavy atom. The zero-order valence-corrected chi connectivity index (χ0v) is 9.13. The summed E-state index contributed by atoms with van der Waals surface area (Å²) in [6, 6.07) is 11.1. The Morgan fingerprint density at radius 3 is 2.44 bits per heavy atom. The Morgan fingerprint density at radius 1 is 1.06 bits per heavy atom. The Balaban J connectivity index is 2.11. The van der Waals surface area contributed by atoms with E-state index in [9.17, 15) is 4.79 Å². The van der Waals surface area contributed by atoms with Crippen LogP contribution in [-0.4, -0.2) is 10.6 Å². The van der Waals surface area contributed by atoms with Crippen molar-refractivity contribution in [2.24, 2.45) is 0 Å². The lowest BCUT2D eigenvalue weighted by atomic mass is 10.1. The summed E-state index contributed by atoms with van der Waals surface area (Å²) >= 11 is 6.28. The minimum Gasteiger partial charge on any atom is -0.267 e. The van der Waals surface area contributed by atoms with Crippen LogP contribution in [0.5, 0.6) is 0 Å². The van der Waals surface area contributed by atoms with Crippen molar-refractivity contribution in [1.82, 2.24) is 4.68 Å². The molecule has 0 fully saturated rings. The predicted molar refractivity (Wildman–Crippen MR) is 62.0 cm³/mol. The van der Waals surface area contributed by atoms with Gasteiger partial charge in [0.2, 0.25) is 0 Å². The van der Waals surface area contributed by atoms with Crippen LogP contribution in [0.4, 0.5) is 0 Å². The Labute approximate surface area is 97.8 Å². The Hall–Kier alpha value is -1.74. The second kappa shape index (κ2) is 3.39. The zero-order chi connectivity index (χ0) is 11.1. The summed E-state index contributed by atoms with van der Waals surface area (Å²) in [6.07, 6.45) is 3.61. The van der Waals surface area contributed by atoms with Crippen molar-refractivity contribution in [1.29, 1.82) is 0 Å². The van der Waals surface area contributed by atoms with E-state index in [1.807, 2.05) is 30.3 Å². The van der Waals surface area contributed by atoms with Crippen LogP contribution in [0, 0.1) is 0 Å². The van der Waals surface area contributed by atoms with Gasteiger partial charge in [0.15, 0.2) is 5.50 Å². The lowest BCUT2D eigenvalue weighted by Gasteiger charge is -2.21. The van der Waals surface area contributed by atoms with E-state index in [0.717, 1.165) is 5.56 Å².